The van der Waals surface area contributed by atoms with Gasteiger partial charge in [0.05, 0.1) is 12.5 Å². The van der Waals surface area contributed by atoms with E-state index in [-0.39, 0.29) is 11.0 Å². The Morgan fingerprint density at radius 1 is 1.23 bits per heavy atom. The van der Waals surface area contributed by atoms with Gasteiger partial charge in [0, 0.05) is 17.0 Å². The molecular weight excluding hydrogens is 292 g/mol. The molecule has 0 N–H and O–H groups in total. The molecule has 0 saturated carbocycles. The zero-order valence-electron chi connectivity index (χ0n) is 14.2. The van der Waals surface area contributed by atoms with E-state index in [0.29, 0.717) is 0 Å². The number of para-hydroxylation sites is 1. The van der Waals surface area contributed by atoms with Gasteiger partial charge >= 0.3 is 5.97 Å². The Kier molecular flexibility index (Phi) is 4.34. The molecule has 0 amide bonds. The van der Waals surface area contributed by atoms with E-state index in [1.54, 1.807) is 0 Å². The molecule has 0 aliphatic heterocycles. The fourth-order valence-electron chi connectivity index (χ4n) is 2.26. The normalized spacial score (nSPS) is 13.0. The van der Waals surface area contributed by atoms with Gasteiger partial charge in [-0.25, -0.2) is 4.79 Å². The predicted molar refractivity (Wildman–Crippen MR) is 94.1 cm³/mol. The maximum Gasteiger partial charge on any atom is 0.330 e. The van der Waals surface area contributed by atoms with Crippen LogP contribution in [-0.4, -0.2) is 21.2 Å². The standard InChI is InChI=1S/C18H24O3Si/c1-18(2,3)22(5,6)17-14(11-12-16(19)20-4)13-9-7-8-10-15(13)21-17/h7-12H,1-6H3/b12-11+. The van der Waals surface area contributed by atoms with E-state index >= 15 is 0 Å². The minimum absolute atomic E-state index is 0.148. The molecule has 0 bridgehead atoms. The highest BCUT2D eigenvalue weighted by Gasteiger charge is 2.41. The Bertz CT molecular complexity index is 717. The summed E-state index contributed by atoms with van der Waals surface area (Å²) < 4.78 is 10.9. The molecule has 1 aromatic carbocycles. The lowest BCUT2D eigenvalue weighted by Crippen LogP contribution is -2.49. The summed E-state index contributed by atoms with van der Waals surface area (Å²) >= 11 is 0. The van der Waals surface area contributed by atoms with E-state index < -0.39 is 8.07 Å². The van der Waals surface area contributed by atoms with Crippen molar-refractivity contribution < 1.29 is 13.9 Å². The van der Waals surface area contributed by atoms with Gasteiger partial charge in [-0.15, -0.1) is 0 Å². The quantitative estimate of drug-likeness (QED) is 0.480. The minimum Gasteiger partial charge on any atom is -0.466 e. The number of rotatable bonds is 3. The molecule has 0 aliphatic rings. The number of methoxy groups -OCH3 is 1. The molecule has 2 aromatic rings. The van der Waals surface area contributed by atoms with Crippen molar-refractivity contribution in [1.82, 2.24) is 0 Å². The van der Waals surface area contributed by atoms with E-state index in [4.69, 9.17) is 9.15 Å². The summed E-state index contributed by atoms with van der Waals surface area (Å²) in [5, 5.41) is 2.22. The largest absolute Gasteiger partial charge is 0.466 e. The molecule has 4 heteroatoms. The van der Waals surface area contributed by atoms with Gasteiger partial charge < -0.3 is 9.15 Å². The lowest BCUT2D eigenvalue weighted by atomic mass is 10.1. The zero-order valence-corrected chi connectivity index (χ0v) is 15.2. The van der Waals surface area contributed by atoms with Crippen LogP contribution in [-0.2, 0) is 9.53 Å². The molecule has 1 heterocycles. The average molecular weight is 316 g/mol. The second-order valence-corrected chi connectivity index (χ2v) is 12.3. The molecule has 3 nitrogen and oxygen atoms in total. The maximum absolute atomic E-state index is 11.5. The summed E-state index contributed by atoms with van der Waals surface area (Å²) in [6, 6.07) is 7.96. The Morgan fingerprint density at radius 3 is 2.45 bits per heavy atom. The van der Waals surface area contributed by atoms with Crippen LogP contribution in [0.5, 0.6) is 0 Å². The topological polar surface area (TPSA) is 39.4 Å². The Hall–Kier alpha value is -1.81. The van der Waals surface area contributed by atoms with Crippen LogP contribution in [0.3, 0.4) is 0 Å². The monoisotopic (exact) mass is 316 g/mol. The van der Waals surface area contributed by atoms with Crippen molar-refractivity contribution in [2.24, 2.45) is 0 Å². The summed E-state index contributed by atoms with van der Waals surface area (Å²) in [5.74, 6) is -0.355. The molecule has 0 unspecified atom stereocenters. The van der Waals surface area contributed by atoms with E-state index in [1.807, 2.05) is 30.3 Å². The van der Waals surface area contributed by atoms with Crippen LogP contribution < -0.4 is 5.38 Å². The predicted octanol–water partition coefficient (Wildman–Crippen LogP) is 4.33. The fourth-order valence-corrected chi connectivity index (χ4v) is 4.19. The highest BCUT2D eigenvalue weighted by molar-refractivity contribution is 6.91. The smallest absolute Gasteiger partial charge is 0.330 e. The lowest BCUT2D eigenvalue weighted by molar-refractivity contribution is -0.134. The second-order valence-electron chi connectivity index (χ2n) is 7.07. The van der Waals surface area contributed by atoms with Gasteiger partial charge in [-0.1, -0.05) is 52.1 Å². The summed E-state index contributed by atoms with van der Waals surface area (Å²) in [6.45, 7) is 11.4. The Balaban J connectivity index is 2.68. The van der Waals surface area contributed by atoms with Crippen LogP contribution >= 0.6 is 0 Å². The van der Waals surface area contributed by atoms with Gasteiger partial charge in [0.2, 0.25) is 0 Å². The maximum atomic E-state index is 11.5. The van der Waals surface area contributed by atoms with Crippen molar-refractivity contribution in [3.05, 3.63) is 35.9 Å². The number of benzene rings is 1. The first kappa shape index (κ1) is 16.6. The number of esters is 1. The van der Waals surface area contributed by atoms with Gasteiger partial charge in [-0.2, -0.15) is 0 Å². The molecule has 0 fully saturated rings. The van der Waals surface area contributed by atoms with E-state index in [1.165, 1.54) is 13.2 Å². The first-order chi connectivity index (χ1) is 10.2. The van der Waals surface area contributed by atoms with Crippen LogP contribution in [0.1, 0.15) is 26.3 Å². The number of fused-ring (bicyclic) bond motifs is 1. The first-order valence-electron chi connectivity index (χ1n) is 7.46. The van der Waals surface area contributed by atoms with Crippen molar-refractivity contribution in [2.45, 2.75) is 38.9 Å². The molecule has 0 saturated heterocycles. The van der Waals surface area contributed by atoms with Gasteiger partial charge in [0.25, 0.3) is 0 Å². The van der Waals surface area contributed by atoms with Crippen molar-refractivity contribution >= 4 is 36.5 Å². The number of hydrogen-bond acceptors (Lipinski definition) is 3. The van der Waals surface area contributed by atoms with Crippen LogP contribution in [0.15, 0.2) is 34.8 Å². The summed E-state index contributed by atoms with van der Waals surface area (Å²) in [5.41, 5.74) is 1.87. The van der Waals surface area contributed by atoms with Crippen LogP contribution in [0.25, 0.3) is 17.0 Å². The third kappa shape index (κ3) is 2.88. The molecule has 0 atom stereocenters. The minimum atomic E-state index is -1.86. The second kappa shape index (κ2) is 5.76. The number of carbonyl (C=O) groups excluding carboxylic acids is 1. The van der Waals surface area contributed by atoms with Gasteiger partial charge in [-0.05, 0) is 17.2 Å². The van der Waals surface area contributed by atoms with E-state index in [2.05, 4.69) is 33.9 Å². The number of ether oxygens (including phenoxy) is 1. The highest BCUT2D eigenvalue weighted by atomic mass is 28.3. The first-order valence-corrected chi connectivity index (χ1v) is 10.5. The lowest BCUT2D eigenvalue weighted by Gasteiger charge is -2.35. The Morgan fingerprint density at radius 2 is 1.86 bits per heavy atom. The molecular formula is C18H24O3Si. The summed E-state index contributed by atoms with van der Waals surface area (Å²) in [4.78, 5) is 11.5. The van der Waals surface area contributed by atoms with Crippen LogP contribution in [0.2, 0.25) is 18.1 Å². The van der Waals surface area contributed by atoms with Crippen LogP contribution in [0, 0.1) is 0 Å². The SMILES string of the molecule is COC(=O)/C=C/c1c([Si](C)(C)C(C)(C)C)oc2ccccc12. The fraction of sp³-hybridized carbons (Fsp3) is 0.389. The molecule has 2 rings (SSSR count). The summed E-state index contributed by atoms with van der Waals surface area (Å²) in [6.07, 6.45) is 3.29. The average Bonchev–Trinajstić information content (AvgIpc) is 2.82. The van der Waals surface area contributed by atoms with Crippen molar-refractivity contribution in [1.29, 1.82) is 0 Å². The summed E-state index contributed by atoms with van der Waals surface area (Å²) in [7, 11) is -0.477. The number of carbonyl (C=O) groups is 1. The molecule has 22 heavy (non-hydrogen) atoms. The highest BCUT2D eigenvalue weighted by Crippen LogP contribution is 2.38. The Labute approximate surface area is 133 Å². The van der Waals surface area contributed by atoms with Crippen molar-refractivity contribution in [3.63, 3.8) is 0 Å². The van der Waals surface area contributed by atoms with Gasteiger partial charge in [0.15, 0.2) is 0 Å². The van der Waals surface area contributed by atoms with Gasteiger partial charge in [-0.3, -0.25) is 0 Å². The molecule has 118 valence electrons. The van der Waals surface area contributed by atoms with E-state index in [0.717, 1.165) is 21.9 Å². The molecule has 1 aromatic heterocycles. The van der Waals surface area contributed by atoms with Crippen LogP contribution in [0.4, 0.5) is 0 Å². The molecule has 0 spiro atoms. The van der Waals surface area contributed by atoms with Crippen molar-refractivity contribution in [3.8, 4) is 0 Å². The third-order valence-electron chi connectivity index (χ3n) is 4.66. The number of hydrogen-bond donors (Lipinski definition) is 0. The van der Waals surface area contributed by atoms with Crippen molar-refractivity contribution in [2.75, 3.05) is 7.11 Å². The number of furan rings is 1. The third-order valence-corrected chi connectivity index (χ3v) is 9.92. The van der Waals surface area contributed by atoms with E-state index in [9.17, 15) is 4.79 Å². The van der Waals surface area contributed by atoms with Gasteiger partial charge in [0.1, 0.15) is 13.7 Å². The zero-order chi connectivity index (χ0) is 16.5. The molecule has 0 aliphatic carbocycles. The molecule has 0 radical (unpaired) electrons.